The Morgan fingerprint density at radius 2 is 1.33 bits per heavy atom. The molecule has 0 amide bonds. The second-order valence-electron chi connectivity index (χ2n) is 5.82. The molecular weight excluding hydrogens is 201 g/mol. The van der Waals surface area contributed by atoms with Crippen LogP contribution in [0.3, 0.4) is 0 Å². The van der Waals surface area contributed by atoms with Gasteiger partial charge in [-0.05, 0) is 32.1 Å². The van der Waals surface area contributed by atoms with Crippen molar-refractivity contribution in [3.05, 3.63) is 0 Å². The molecule has 90 valence electrons. The zero-order valence-corrected chi connectivity index (χ0v) is 12.6. The van der Waals surface area contributed by atoms with Crippen LogP contribution in [0.4, 0.5) is 0 Å². The van der Waals surface area contributed by atoms with Gasteiger partial charge in [0.2, 0.25) is 0 Å². The van der Waals surface area contributed by atoms with Gasteiger partial charge in [-0.3, -0.25) is 4.99 Å². The van der Waals surface area contributed by atoms with E-state index in [2.05, 4.69) is 66.6 Å². The third kappa shape index (κ3) is 6.30. The highest BCUT2D eigenvalue weighted by molar-refractivity contribution is 7.60. The van der Waals surface area contributed by atoms with Crippen molar-refractivity contribution in [1.29, 1.82) is 0 Å². The molecule has 0 aliphatic carbocycles. The monoisotopic (exact) mass is 229 g/mol. The lowest BCUT2D eigenvalue weighted by molar-refractivity contribution is 0.585. The zero-order chi connectivity index (χ0) is 12.2. The van der Waals surface area contributed by atoms with Crippen molar-refractivity contribution in [1.82, 2.24) is 0 Å². The third-order valence-electron chi connectivity index (χ3n) is 2.34. The lowest BCUT2D eigenvalue weighted by atomic mass is 10.1. The predicted molar refractivity (Wildman–Crippen MR) is 74.9 cm³/mol. The van der Waals surface area contributed by atoms with Crippen LogP contribution in [0.5, 0.6) is 0 Å². The van der Waals surface area contributed by atoms with Crippen molar-refractivity contribution in [3.63, 3.8) is 0 Å². The highest BCUT2D eigenvalue weighted by atomic mass is 31.1. The molecule has 0 N–H and O–H groups in total. The van der Waals surface area contributed by atoms with Gasteiger partial charge in [0.05, 0.1) is 5.54 Å². The molecule has 0 aromatic carbocycles. The Balaban J connectivity index is 4.53. The highest BCUT2D eigenvalue weighted by Gasteiger charge is 2.22. The molecule has 0 fully saturated rings. The molecule has 0 spiro atoms. The molecule has 0 saturated heterocycles. The van der Waals surface area contributed by atoms with Crippen LogP contribution in [0.1, 0.15) is 55.4 Å². The van der Waals surface area contributed by atoms with Crippen molar-refractivity contribution < 1.29 is 0 Å². The summed E-state index contributed by atoms with van der Waals surface area (Å²) in [6.07, 6.45) is 2.19. The first-order valence-electron chi connectivity index (χ1n) is 5.98. The minimum absolute atomic E-state index is 0.0578. The second kappa shape index (κ2) is 5.99. The average Bonchev–Trinajstić information content (AvgIpc) is 1.97. The minimum Gasteiger partial charge on any atom is -0.291 e. The molecule has 0 saturated carbocycles. The summed E-state index contributed by atoms with van der Waals surface area (Å²) < 4.78 is 0. The Bertz CT molecular complexity index is 193. The molecule has 0 aromatic rings. The molecule has 2 heteroatoms. The fraction of sp³-hybridized carbons (Fsp3) is 0.923. The molecule has 0 heterocycles. The van der Waals surface area contributed by atoms with Crippen LogP contribution in [0.2, 0.25) is 0 Å². The third-order valence-corrected chi connectivity index (χ3v) is 5.80. The average molecular weight is 229 g/mol. The van der Waals surface area contributed by atoms with Gasteiger partial charge in [-0.25, -0.2) is 0 Å². The number of aliphatic imine (C=N–C) groups is 1. The molecule has 0 aromatic heterocycles. The summed E-state index contributed by atoms with van der Waals surface area (Å²) in [5.74, 6) is 0. The predicted octanol–water partition coefficient (Wildman–Crippen LogP) is 4.54. The molecule has 0 rings (SSSR count). The van der Waals surface area contributed by atoms with E-state index in [0.29, 0.717) is 5.66 Å². The van der Waals surface area contributed by atoms with E-state index in [0.717, 1.165) is 11.3 Å². The van der Waals surface area contributed by atoms with Crippen LogP contribution >= 0.6 is 7.92 Å². The molecule has 0 radical (unpaired) electrons. The van der Waals surface area contributed by atoms with Crippen LogP contribution in [0, 0.1) is 0 Å². The fourth-order valence-electron chi connectivity index (χ4n) is 1.95. The maximum absolute atomic E-state index is 4.63. The molecule has 1 atom stereocenters. The van der Waals surface area contributed by atoms with Gasteiger partial charge in [0.15, 0.2) is 0 Å². The molecule has 1 nitrogen and oxygen atoms in total. The molecule has 15 heavy (non-hydrogen) atoms. The quantitative estimate of drug-likeness (QED) is 0.495. The van der Waals surface area contributed by atoms with Crippen LogP contribution in [0.25, 0.3) is 0 Å². The minimum atomic E-state index is 0.0578. The van der Waals surface area contributed by atoms with Crippen molar-refractivity contribution in [2.24, 2.45) is 4.99 Å². The summed E-state index contributed by atoms with van der Waals surface area (Å²) in [6.45, 7) is 18.1. The summed E-state index contributed by atoms with van der Waals surface area (Å²) in [6, 6.07) is 0. The van der Waals surface area contributed by atoms with E-state index in [-0.39, 0.29) is 13.5 Å². The summed E-state index contributed by atoms with van der Waals surface area (Å²) in [5, 5.41) is 0. The van der Waals surface area contributed by atoms with Crippen molar-refractivity contribution in [2.45, 2.75) is 77.9 Å². The van der Waals surface area contributed by atoms with E-state index in [4.69, 9.17) is 0 Å². The van der Waals surface area contributed by atoms with E-state index in [1.165, 1.54) is 0 Å². The summed E-state index contributed by atoms with van der Waals surface area (Å²) in [5.41, 5.74) is 2.30. The maximum Gasteiger partial charge on any atom is 0.0520 e. The van der Waals surface area contributed by atoms with E-state index in [1.54, 1.807) is 0 Å². The lowest BCUT2D eigenvalue weighted by Crippen LogP contribution is -2.18. The summed E-state index contributed by atoms with van der Waals surface area (Å²) in [7, 11) is 0.0578. The topological polar surface area (TPSA) is 12.4 Å². The Kier molecular flexibility index (Phi) is 6.03. The Labute approximate surface area is 97.5 Å². The van der Waals surface area contributed by atoms with E-state index in [9.17, 15) is 0 Å². The Morgan fingerprint density at radius 1 is 0.933 bits per heavy atom. The number of rotatable bonds is 4. The second-order valence-corrected chi connectivity index (χ2v) is 9.60. The van der Waals surface area contributed by atoms with Gasteiger partial charge in [0.1, 0.15) is 0 Å². The molecule has 0 aliphatic heterocycles. The Hall–Kier alpha value is 0.100. The van der Waals surface area contributed by atoms with Crippen LogP contribution < -0.4 is 0 Å². The first-order valence-corrected chi connectivity index (χ1v) is 7.53. The van der Waals surface area contributed by atoms with Gasteiger partial charge in [0, 0.05) is 11.9 Å². The largest absolute Gasteiger partial charge is 0.291 e. The maximum atomic E-state index is 4.63. The smallest absolute Gasteiger partial charge is 0.0520 e. The van der Waals surface area contributed by atoms with Gasteiger partial charge in [-0.2, -0.15) is 0 Å². The summed E-state index contributed by atoms with van der Waals surface area (Å²) in [4.78, 5) is 4.63. The molecule has 0 aliphatic rings. The first-order chi connectivity index (χ1) is 6.65. The lowest BCUT2D eigenvalue weighted by Gasteiger charge is -2.30. The van der Waals surface area contributed by atoms with E-state index < -0.39 is 0 Å². The normalized spacial score (nSPS) is 15.9. The van der Waals surface area contributed by atoms with E-state index in [1.807, 2.05) is 0 Å². The molecular formula is C13H28NP. The van der Waals surface area contributed by atoms with Crippen LogP contribution in [-0.2, 0) is 0 Å². The number of hydrogen-bond acceptors (Lipinski definition) is 1. The first kappa shape index (κ1) is 15.1. The van der Waals surface area contributed by atoms with Crippen molar-refractivity contribution in [2.75, 3.05) is 0 Å². The number of nitrogens with zero attached hydrogens (tertiary/aromatic N) is 1. The van der Waals surface area contributed by atoms with Gasteiger partial charge >= 0.3 is 0 Å². The SMILES string of the molecule is CC(C)P(C(C)C)C(C)C=NC(C)(C)C. The number of hydrogen-bond donors (Lipinski definition) is 0. The fourth-order valence-corrected chi connectivity index (χ4v) is 5.24. The van der Waals surface area contributed by atoms with Gasteiger partial charge in [-0.1, -0.05) is 42.5 Å². The van der Waals surface area contributed by atoms with Gasteiger partial charge < -0.3 is 0 Å². The van der Waals surface area contributed by atoms with Gasteiger partial charge in [0.25, 0.3) is 0 Å². The zero-order valence-electron chi connectivity index (χ0n) is 11.7. The van der Waals surface area contributed by atoms with Crippen LogP contribution in [0.15, 0.2) is 4.99 Å². The standard InChI is InChI=1S/C13H28NP/c1-10(2)15(11(3)4)12(5)9-14-13(6,7)8/h9-12H,1-8H3. The molecule has 1 unspecified atom stereocenters. The summed E-state index contributed by atoms with van der Waals surface area (Å²) >= 11 is 0. The Morgan fingerprint density at radius 3 is 1.60 bits per heavy atom. The van der Waals surface area contributed by atoms with Crippen molar-refractivity contribution in [3.8, 4) is 0 Å². The van der Waals surface area contributed by atoms with E-state index >= 15 is 0 Å². The molecule has 0 bridgehead atoms. The highest BCUT2D eigenvalue weighted by Crippen LogP contribution is 2.49. The van der Waals surface area contributed by atoms with Crippen molar-refractivity contribution >= 4 is 14.1 Å². The van der Waals surface area contributed by atoms with Gasteiger partial charge in [-0.15, -0.1) is 0 Å². The van der Waals surface area contributed by atoms with Crippen LogP contribution in [-0.4, -0.2) is 28.7 Å².